The van der Waals surface area contributed by atoms with Gasteiger partial charge in [-0.2, -0.15) is 0 Å². The lowest BCUT2D eigenvalue weighted by Gasteiger charge is -2.32. The smallest absolute Gasteiger partial charge is 0.143 e. The van der Waals surface area contributed by atoms with Crippen molar-refractivity contribution >= 4 is 15.9 Å². The molecule has 21 heavy (non-hydrogen) atoms. The van der Waals surface area contributed by atoms with E-state index in [-0.39, 0.29) is 5.56 Å². The lowest BCUT2D eigenvalue weighted by molar-refractivity contribution is 0.221. The Labute approximate surface area is 134 Å². The Morgan fingerprint density at radius 1 is 1.19 bits per heavy atom. The van der Waals surface area contributed by atoms with Gasteiger partial charge >= 0.3 is 0 Å². The molecule has 0 radical (unpaired) electrons. The average molecular weight is 360 g/mol. The van der Waals surface area contributed by atoms with Crippen molar-refractivity contribution in [1.29, 1.82) is 0 Å². The van der Waals surface area contributed by atoms with Crippen molar-refractivity contribution in [3.05, 3.63) is 33.8 Å². The summed E-state index contributed by atoms with van der Waals surface area (Å²) in [6.07, 6.45) is 5.11. The van der Waals surface area contributed by atoms with Crippen LogP contribution >= 0.6 is 15.9 Å². The average Bonchev–Trinajstić information content (AvgIpc) is 2.46. The van der Waals surface area contributed by atoms with Gasteiger partial charge in [-0.25, -0.2) is 8.78 Å². The first kappa shape index (κ1) is 16.9. The van der Waals surface area contributed by atoms with E-state index in [0.717, 1.165) is 19.4 Å². The van der Waals surface area contributed by atoms with Crippen LogP contribution in [0.1, 0.15) is 45.1 Å². The molecule has 1 fully saturated rings. The first-order chi connectivity index (χ1) is 9.99. The Balaban J connectivity index is 2.10. The van der Waals surface area contributed by atoms with Crippen LogP contribution in [0.2, 0.25) is 0 Å². The molecule has 1 saturated carbocycles. The zero-order valence-electron chi connectivity index (χ0n) is 12.8. The monoisotopic (exact) mass is 359 g/mol. The van der Waals surface area contributed by atoms with E-state index in [1.54, 1.807) is 0 Å². The predicted octanol–water partition coefficient (Wildman–Crippen LogP) is 5.07. The third-order valence-corrected chi connectivity index (χ3v) is 5.07. The Morgan fingerprint density at radius 3 is 2.52 bits per heavy atom. The maximum Gasteiger partial charge on any atom is 0.143 e. The lowest BCUT2D eigenvalue weighted by atomic mass is 9.76. The zero-order valence-corrected chi connectivity index (χ0v) is 14.3. The van der Waals surface area contributed by atoms with Crippen molar-refractivity contribution in [3.63, 3.8) is 0 Å². The number of hydrogen-bond donors (Lipinski definition) is 1. The standard InChI is InChI=1S/C17H24BrF2N/c1-11(2)21-10-13-6-4-3-5-12(13)9-14-16(19)8-7-15(18)17(14)20/h7-8,11-13,21H,3-6,9-10H2,1-2H3. The molecule has 1 nitrogen and oxygen atoms in total. The molecule has 0 heterocycles. The summed E-state index contributed by atoms with van der Waals surface area (Å²) in [5.41, 5.74) is 0.242. The first-order valence-electron chi connectivity index (χ1n) is 7.84. The third-order valence-electron chi connectivity index (χ3n) is 4.46. The molecule has 2 atom stereocenters. The maximum atomic E-state index is 14.2. The molecule has 1 N–H and O–H groups in total. The number of benzene rings is 1. The molecule has 1 aromatic rings. The van der Waals surface area contributed by atoms with E-state index < -0.39 is 11.6 Å². The fourth-order valence-corrected chi connectivity index (χ4v) is 3.60. The van der Waals surface area contributed by atoms with Crippen LogP contribution in [0, 0.1) is 23.5 Å². The van der Waals surface area contributed by atoms with E-state index in [1.807, 2.05) is 0 Å². The van der Waals surface area contributed by atoms with Gasteiger partial charge in [0.05, 0.1) is 4.47 Å². The number of nitrogens with one attached hydrogen (secondary N) is 1. The highest BCUT2D eigenvalue weighted by Gasteiger charge is 2.27. The third kappa shape index (κ3) is 4.49. The van der Waals surface area contributed by atoms with E-state index in [9.17, 15) is 8.78 Å². The fraction of sp³-hybridized carbons (Fsp3) is 0.647. The van der Waals surface area contributed by atoms with Crippen LogP contribution in [0.15, 0.2) is 16.6 Å². The molecule has 1 aromatic carbocycles. The molecule has 0 bridgehead atoms. The summed E-state index contributed by atoms with van der Waals surface area (Å²) in [7, 11) is 0. The van der Waals surface area contributed by atoms with Crippen LogP contribution in [-0.2, 0) is 6.42 Å². The van der Waals surface area contributed by atoms with Crippen LogP contribution in [0.5, 0.6) is 0 Å². The summed E-state index contributed by atoms with van der Waals surface area (Å²) in [4.78, 5) is 0. The van der Waals surface area contributed by atoms with Crippen molar-refractivity contribution < 1.29 is 8.78 Å². The molecule has 1 aliphatic carbocycles. The van der Waals surface area contributed by atoms with Gasteiger partial charge in [0.1, 0.15) is 11.6 Å². The summed E-state index contributed by atoms with van der Waals surface area (Å²) in [6, 6.07) is 3.24. The lowest BCUT2D eigenvalue weighted by Crippen LogP contribution is -2.35. The fourth-order valence-electron chi connectivity index (χ4n) is 3.23. The minimum Gasteiger partial charge on any atom is -0.314 e. The Morgan fingerprint density at radius 2 is 1.86 bits per heavy atom. The van der Waals surface area contributed by atoms with E-state index >= 15 is 0 Å². The van der Waals surface area contributed by atoms with Gasteiger partial charge in [-0.15, -0.1) is 0 Å². The van der Waals surface area contributed by atoms with Gasteiger partial charge in [-0.05, 0) is 65.7 Å². The molecule has 2 rings (SSSR count). The molecule has 0 aromatic heterocycles. The summed E-state index contributed by atoms with van der Waals surface area (Å²) in [6.45, 7) is 5.20. The zero-order chi connectivity index (χ0) is 15.4. The van der Waals surface area contributed by atoms with E-state index in [1.165, 1.54) is 25.0 Å². The predicted molar refractivity (Wildman–Crippen MR) is 86.3 cm³/mol. The van der Waals surface area contributed by atoms with Crippen LogP contribution in [0.3, 0.4) is 0 Å². The van der Waals surface area contributed by atoms with Crippen molar-refractivity contribution in [1.82, 2.24) is 5.32 Å². The van der Waals surface area contributed by atoms with Gasteiger partial charge in [-0.3, -0.25) is 0 Å². The second-order valence-electron chi connectivity index (χ2n) is 6.39. The highest BCUT2D eigenvalue weighted by atomic mass is 79.9. The topological polar surface area (TPSA) is 12.0 Å². The summed E-state index contributed by atoms with van der Waals surface area (Å²) in [5.74, 6) is 0.0233. The Kier molecular flexibility index (Phi) is 6.18. The van der Waals surface area contributed by atoms with Crippen molar-refractivity contribution in [2.24, 2.45) is 11.8 Å². The van der Waals surface area contributed by atoms with Crippen LogP contribution in [0.4, 0.5) is 8.78 Å². The number of halogens is 3. The van der Waals surface area contributed by atoms with E-state index in [2.05, 4.69) is 35.1 Å². The summed E-state index contributed by atoms with van der Waals surface area (Å²) >= 11 is 3.16. The van der Waals surface area contributed by atoms with Gasteiger partial charge in [0, 0.05) is 11.6 Å². The largest absolute Gasteiger partial charge is 0.314 e. The van der Waals surface area contributed by atoms with Gasteiger partial charge in [0.15, 0.2) is 0 Å². The second kappa shape index (κ2) is 7.68. The van der Waals surface area contributed by atoms with Gasteiger partial charge < -0.3 is 5.32 Å². The number of rotatable bonds is 5. The van der Waals surface area contributed by atoms with Crippen LogP contribution in [0.25, 0.3) is 0 Å². The Hall–Kier alpha value is -0.480. The SMILES string of the molecule is CC(C)NCC1CCCCC1Cc1c(F)ccc(Br)c1F. The van der Waals surface area contributed by atoms with E-state index in [4.69, 9.17) is 0 Å². The highest BCUT2D eigenvalue weighted by Crippen LogP contribution is 2.34. The van der Waals surface area contributed by atoms with Gasteiger partial charge in [-0.1, -0.05) is 26.7 Å². The molecule has 0 amide bonds. The molecule has 118 valence electrons. The maximum absolute atomic E-state index is 14.2. The molecule has 4 heteroatoms. The molecular weight excluding hydrogens is 336 g/mol. The summed E-state index contributed by atoms with van der Waals surface area (Å²) < 4.78 is 28.5. The van der Waals surface area contributed by atoms with Gasteiger partial charge in [0.25, 0.3) is 0 Å². The molecule has 2 unspecified atom stereocenters. The number of hydrogen-bond acceptors (Lipinski definition) is 1. The second-order valence-corrected chi connectivity index (χ2v) is 7.25. The highest BCUT2D eigenvalue weighted by molar-refractivity contribution is 9.10. The van der Waals surface area contributed by atoms with Crippen LogP contribution in [-0.4, -0.2) is 12.6 Å². The molecule has 0 saturated heterocycles. The van der Waals surface area contributed by atoms with Gasteiger partial charge in [0.2, 0.25) is 0 Å². The minimum absolute atomic E-state index is 0.242. The van der Waals surface area contributed by atoms with Crippen molar-refractivity contribution in [3.8, 4) is 0 Å². The minimum atomic E-state index is -0.434. The molecule has 0 aliphatic heterocycles. The quantitative estimate of drug-likeness (QED) is 0.723. The van der Waals surface area contributed by atoms with Crippen LogP contribution < -0.4 is 5.32 Å². The first-order valence-corrected chi connectivity index (χ1v) is 8.64. The molecule has 0 spiro atoms. The Bertz CT molecular complexity index is 476. The van der Waals surface area contributed by atoms with Crippen molar-refractivity contribution in [2.75, 3.05) is 6.54 Å². The van der Waals surface area contributed by atoms with Crippen molar-refractivity contribution in [2.45, 2.75) is 52.0 Å². The van der Waals surface area contributed by atoms with E-state index in [0.29, 0.717) is 28.8 Å². The summed E-state index contributed by atoms with van der Waals surface area (Å²) in [5, 5.41) is 3.47. The molecule has 1 aliphatic rings. The normalized spacial score (nSPS) is 22.8. The molecular formula is C17H24BrF2N.